The van der Waals surface area contributed by atoms with Crippen LogP contribution in [0.15, 0.2) is 12.1 Å². The van der Waals surface area contributed by atoms with Gasteiger partial charge >= 0.3 is 0 Å². The minimum atomic E-state index is -2.75. The first-order chi connectivity index (χ1) is 10.7. The van der Waals surface area contributed by atoms with Gasteiger partial charge in [0.1, 0.15) is 11.5 Å². The van der Waals surface area contributed by atoms with Gasteiger partial charge in [0.15, 0.2) is 5.78 Å². The second-order valence-corrected chi connectivity index (χ2v) is 7.11. The van der Waals surface area contributed by atoms with Crippen LogP contribution in [-0.2, 0) is 9.59 Å². The molecule has 23 heavy (non-hydrogen) atoms. The molecule has 0 aromatic heterocycles. The van der Waals surface area contributed by atoms with E-state index in [4.69, 9.17) is 11.6 Å². The molecule has 1 unspecified atom stereocenters. The first-order valence-corrected chi connectivity index (χ1v) is 8.04. The highest BCUT2D eigenvalue weighted by molar-refractivity contribution is 6.30. The second-order valence-electron chi connectivity index (χ2n) is 6.68. The minimum absolute atomic E-state index is 0.00718. The lowest BCUT2D eigenvalue weighted by molar-refractivity contribution is -0.128. The zero-order valence-electron chi connectivity index (χ0n) is 13.0. The number of hydrogen-bond acceptors (Lipinski definition) is 2. The van der Waals surface area contributed by atoms with Gasteiger partial charge in [-0.05, 0) is 55.5 Å². The zero-order valence-corrected chi connectivity index (χ0v) is 13.8. The van der Waals surface area contributed by atoms with Gasteiger partial charge in [-0.1, -0.05) is 11.6 Å². The first-order valence-electron chi connectivity index (χ1n) is 7.66. The summed E-state index contributed by atoms with van der Waals surface area (Å²) in [5.41, 5.74) is 1.04. The van der Waals surface area contributed by atoms with Crippen molar-refractivity contribution >= 4 is 23.3 Å². The van der Waals surface area contributed by atoms with Crippen LogP contribution < -0.4 is 5.32 Å². The Morgan fingerprint density at radius 3 is 2.13 bits per heavy atom. The van der Waals surface area contributed by atoms with E-state index in [1.54, 1.807) is 26.0 Å². The summed E-state index contributed by atoms with van der Waals surface area (Å²) in [6, 6.07) is 3.43. The van der Waals surface area contributed by atoms with E-state index in [1.165, 1.54) is 0 Å². The second kappa shape index (κ2) is 5.26. The number of alkyl halides is 2. The highest BCUT2D eigenvalue weighted by Gasteiger charge is 2.57. The maximum Gasteiger partial charge on any atom is 0.248 e. The lowest BCUT2D eigenvalue weighted by atomic mass is 9.75. The fourth-order valence-corrected chi connectivity index (χ4v) is 4.15. The predicted octanol–water partition coefficient (Wildman–Crippen LogP) is 3.69. The summed E-state index contributed by atoms with van der Waals surface area (Å²) in [5, 5.41) is 3.26. The van der Waals surface area contributed by atoms with Gasteiger partial charge in [-0.25, -0.2) is 8.78 Å². The van der Waals surface area contributed by atoms with Crippen LogP contribution in [0.2, 0.25) is 5.02 Å². The smallest absolute Gasteiger partial charge is 0.248 e. The number of ketones is 1. The quantitative estimate of drug-likeness (QED) is 0.792. The van der Waals surface area contributed by atoms with Crippen molar-refractivity contribution in [1.82, 2.24) is 5.32 Å². The molecule has 6 heteroatoms. The van der Waals surface area contributed by atoms with Crippen LogP contribution in [0, 0.1) is 13.8 Å². The van der Waals surface area contributed by atoms with E-state index in [2.05, 4.69) is 5.32 Å². The summed E-state index contributed by atoms with van der Waals surface area (Å²) in [6.45, 7) is 3.60. The number of amides is 1. The Morgan fingerprint density at radius 2 is 1.61 bits per heavy atom. The van der Waals surface area contributed by atoms with Crippen molar-refractivity contribution in [2.75, 3.05) is 0 Å². The van der Waals surface area contributed by atoms with E-state index >= 15 is 0 Å². The standard InChI is InChI=1S/C17H18ClF2NO2/c1-9-7-11(18)8-10(2)12(9)13-14(22)16(21-15(13)23)3-5-17(19,20)6-4-16/h7-8,13H,3-6H2,1-2H3,(H,21,23). The summed E-state index contributed by atoms with van der Waals surface area (Å²) in [7, 11) is 0. The molecule has 1 aromatic rings. The van der Waals surface area contributed by atoms with Gasteiger partial charge in [0.25, 0.3) is 0 Å². The largest absolute Gasteiger partial charge is 0.343 e. The molecule has 3 rings (SSSR count). The van der Waals surface area contributed by atoms with Crippen LogP contribution in [0.4, 0.5) is 8.78 Å². The molecule has 1 amide bonds. The SMILES string of the molecule is Cc1cc(Cl)cc(C)c1C1C(=O)NC2(CCC(F)(F)CC2)C1=O. The third kappa shape index (κ3) is 2.65. The number of nitrogens with one attached hydrogen (secondary N) is 1. The number of Topliss-reactive ketones (excluding diaryl/α,β-unsaturated/α-hetero) is 1. The van der Waals surface area contributed by atoms with Crippen molar-refractivity contribution in [3.8, 4) is 0 Å². The number of carbonyl (C=O) groups is 2. The molecule has 1 heterocycles. The normalized spacial score (nSPS) is 25.7. The fourth-order valence-electron chi connectivity index (χ4n) is 3.82. The Hall–Kier alpha value is -1.49. The molecule has 124 valence electrons. The molecule has 1 aliphatic heterocycles. The summed E-state index contributed by atoms with van der Waals surface area (Å²) < 4.78 is 26.8. The Labute approximate surface area is 138 Å². The minimum Gasteiger partial charge on any atom is -0.343 e. The molecule has 2 aliphatic rings. The van der Waals surface area contributed by atoms with Gasteiger partial charge in [-0.15, -0.1) is 0 Å². The maximum atomic E-state index is 13.4. The maximum absolute atomic E-state index is 13.4. The number of halogens is 3. The van der Waals surface area contributed by atoms with Crippen LogP contribution in [0.3, 0.4) is 0 Å². The van der Waals surface area contributed by atoms with Crippen molar-refractivity contribution < 1.29 is 18.4 Å². The molecule has 1 saturated carbocycles. The number of rotatable bonds is 1. The Kier molecular flexibility index (Phi) is 3.75. The van der Waals surface area contributed by atoms with Crippen LogP contribution in [0.1, 0.15) is 48.3 Å². The molecular formula is C17H18ClF2NO2. The lowest BCUT2D eigenvalue weighted by Gasteiger charge is -2.35. The van der Waals surface area contributed by atoms with Gasteiger partial charge in [0, 0.05) is 17.9 Å². The third-order valence-corrected chi connectivity index (χ3v) is 5.26. The Bertz CT molecular complexity index is 669. The van der Waals surface area contributed by atoms with Crippen LogP contribution in [0.25, 0.3) is 0 Å². The lowest BCUT2D eigenvalue weighted by Crippen LogP contribution is -2.51. The van der Waals surface area contributed by atoms with Gasteiger partial charge < -0.3 is 5.32 Å². The number of hydrogen-bond donors (Lipinski definition) is 1. The average Bonchev–Trinajstić information content (AvgIpc) is 2.66. The van der Waals surface area contributed by atoms with E-state index in [1.807, 2.05) is 0 Å². The molecule has 0 radical (unpaired) electrons. The summed E-state index contributed by atoms with van der Waals surface area (Å²) in [6.07, 6.45) is -0.756. The van der Waals surface area contributed by atoms with E-state index in [0.717, 1.165) is 11.1 Å². The summed E-state index contributed by atoms with van der Waals surface area (Å²) in [5.74, 6) is -4.36. The van der Waals surface area contributed by atoms with Crippen LogP contribution >= 0.6 is 11.6 Å². The van der Waals surface area contributed by atoms with Crippen LogP contribution in [0.5, 0.6) is 0 Å². The molecule has 1 atom stereocenters. The number of carbonyl (C=O) groups excluding carboxylic acids is 2. The van der Waals surface area contributed by atoms with Crippen molar-refractivity contribution in [1.29, 1.82) is 0 Å². The predicted molar refractivity (Wildman–Crippen MR) is 83.0 cm³/mol. The average molecular weight is 342 g/mol. The molecule has 1 aromatic carbocycles. The Balaban J connectivity index is 1.98. The first kappa shape index (κ1) is 16.4. The number of aryl methyl sites for hydroxylation is 2. The highest BCUT2D eigenvalue weighted by Crippen LogP contribution is 2.45. The van der Waals surface area contributed by atoms with Gasteiger partial charge in [0.05, 0.1) is 0 Å². The van der Waals surface area contributed by atoms with Gasteiger partial charge in [-0.2, -0.15) is 0 Å². The molecule has 1 aliphatic carbocycles. The van der Waals surface area contributed by atoms with Crippen LogP contribution in [-0.4, -0.2) is 23.2 Å². The van der Waals surface area contributed by atoms with Crippen molar-refractivity contribution in [3.05, 3.63) is 33.8 Å². The van der Waals surface area contributed by atoms with Gasteiger partial charge in [-0.3, -0.25) is 9.59 Å². The molecular weight excluding hydrogens is 324 g/mol. The van der Waals surface area contributed by atoms with E-state index in [9.17, 15) is 18.4 Å². The van der Waals surface area contributed by atoms with Crippen molar-refractivity contribution in [2.45, 2.75) is 56.9 Å². The van der Waals surface area contributed by atoms with E-state index in [-0.39, 0.29) is 31.5 Å². The molecule has 1 spiro atoms. The molecule has 0 bridgehead atoms. The van der Waals surface area contributed by atoms with Crippen molar-refractivity contribution in [3.63, 3.8) is 0 Å². The molecule has 1 saturated heterocycles. The molecule has 2 fully saturated rings. The van der Waals surface area contributed by atoms with Crippen molar-refractivity contribution in [2.24, 2.45) is 0 Å². The summed E-state index contributed by atoms with van der Waals surface area (Å²) in [4.78, 5) is 25.4. The third-order valence-electron chi connectivity index (χ3n) is 5.04. The molecule has 3 nitrogen and oxygen atoms in total. The zero-order chi connectivity index (χ0) is 17.0. The van der Waals surface area contributed by atoms with Gasteiger partial charge in [0.2, 0.25) is 11.8 Å². The fraction of sp³-hybridized carbons (Fsp3) is 0.529. The topological polar surface area (TPSA) is 46.2 Å². The Morgan fingerprint density at radius 1 is 1.09 bits per heavy atom. The summed E-state index contributed by atoms with van der Waals surface area (Å²) >= 11 is 6.01. The highest BCUT2D eigenvalue weighted by atomic mass is 35.5. The van der Waals surface area contributed by atoms with E-state index in [0.29, 0.717) is 10.6 Å². The van der Waals surface area contributed by atoms with E-state index < -0.39 is 23.3 Å². The monoisotopic (exact) mass is 341 g/mol. The molecule has 1 N–H and O–H groups in total. The number of benzene rings is 1.